The van der Waals surface area contributed by atoms with Gasteiger partial charge in [-0.2, -0.15) is 13.2 Å². The van der Waals surface area contributed by atoms with Crippen LogP contribution in [0, 0.1) is 5.92 Å². The first-order chi connectivity index (χ1) is 14.1. The zero-order valence-electron chi connectivity index (χ0n) is 16.4. The van der Waals surface area contributed by atoms with Gasteiger partial charge in [0.2, 0.25) is 5.91 Å². The van der Waals surface area contributed by atoms with Gasteiger partial charge in [-0.1, -0.05) is 18.2 Å². The lowest BCUT2D eigenvalue weighted by atomic mass is 9.84. The summed E-state index contributed by atoms with van der Waals surface area (Å²) >= 11 is 0. The number of rotatable bonds is 5. The molecule has 30 heavy (non-hydrogen) atoms. The quantitative estimate of drug-likeness (QED) is 0.735. The number of nitrogens with one attached hydrogen (secondary N) is 1. The van der Waals surface area contributed by atoms with Crippen LogP contribution in [0.2, 0.25) is 0 Å². The van der Waals surface area contributed by atoms with E-state index in [1.54, 1.807) is 31.2 Å². The van der Waals surface area contributed by atoms with E-state index in [9.17, 15) is 27.6 Å². The van der Waals surface area contributed by atoms with Gasteiger partial charge in [0, 0.05) is 18.0 Å². The third kappa shape index (κ3) is 3.59. The maximum Gasteiger partial charge on any atom is 0.406 e. The molecule has 0 radical (unpaired) electrons. The lowest BCUT2D eigenvalue weighted by Crippen LogP contribution is -2.51. The van der Waals surface area contributed by atoms with Crippen molar-refractivity contribution in [2.45, 2.75) is 43.9 Å². The molecule has 1 aromatic carbocycles. The van der Waals surface area contributed by atoms with Gasteiger partial charge in [0.15, 0.2) is 5.54 Å². The van der Waals surface area contributed by atoms with Crippen molar-refractivity contribution in [3.63, 3.8) is 0 Å². The highest BCUT2D eigenvalue weighted by molar-refractivity contribution is 6.09. The number of alkyl halides is 3. The fourth-order valence-electron chi connectivity index (χ4n) is 4.23. The Morgan fingerprint density at radius 3 is 2.70 bits per heavy atom. The smallest absolute Gasteiger partial charge is 0.406 e. The summed E-state index contributed by atoms with van der Waals surface area (Å²) in [6, 6.07) is 5.35. The maximum atomic E-state index is 13.2. The van der Waals surface area contributed by atoms with Crippen molar-refractivity contribution in [3.8, 4) is 5.75 Å². The molecule has 1 N–H and O–H groups in total. The summed E-state index contributed by atoms with van der Waals surface area (Å²) in [6.07, 6.45) is -2.89. The van der Waals surface area contributed by atoms with E-state index in [0.717, 1.165) is 17.7 Å². The van der Waals surface area contributed by atoms with Crippen molar-refractivity contribution in [2.24, 2.45) is 5.92 Å². The van der Waals surface area contributed by atoms with E-state index in [0.29, 0.717) is 16.2 Å². The molecule has 2 atom stereocenters. The number of hydrogen-bond donors (Lipinski definition) is 1. The number of benzene rings is 1. The number of hydrogen-bond acceptors (Lipinski definition) is 4. The summed E-state index contributed by atoms with van der Waals surface area (Å²) in [4.78, 5) is 40.0. The topological polar surface area (TPSA) is 79.0 Å². The minimum absolute atomic E-state index is 0.00752. The predicted octanol–water partition coefficient (Wildman–Crippen LogP) is 2.41. The van der Waals surface area contributed by atoms with E-state index in [2.05, 4.69) is 5.32 Å². The number of amides is 4. The normalized spacial score (nSPS) is 24.3. The van der Waals surface area contributed by atoms with E-state index < -0.39 is 48.7 Å². The van der Waals surface area contributed by atoms with Crippen LogP contribution in [0.4, 0.5) is 18.0 Å². The molecule has 0 bridgehead atoms. The average molecular weight is 425 g/mol. The maximum absolute atomic E-state index is 13.2. The van der Waals surface area contributed by atoms with Crippen LogP contribution in [0.25, 0.3) is 0 Å². The Bertz CT molecular complexity index is 886. The minimum atomic E-state index is -4.57. The molecule has 1 saturated carbocycles. The number of halogens is 3. The molecule has 2 fully saturated rings. The van der Waals surface area contributed by atoms with E-state index in [4.69, 9.17) is 4.74 Å². The van der Waals surface area contributed by atoms with E-state index in [1.807, 2.05) is 0 Å². The Morgan fingerprint density at radius 2 is 2.03 bits per heavy atom. The molecule has 3 aliphatic rings. The Balaban J connectivity index is 1.57. The number of imide groups is 1. The SMILES string of the molecule is CC(C1CC1)N(CC(F)(F)F)C(=O)CN1C(=O)NC2(CCOc3ccccc32)C1=O. The lowest BCUT2D eigenvalue weighted by Gasteiger charge is -2.33. The molecule has 2 unspecified atom stereocenters. The first-order valence-corrected chi connectivity index (χ1v) is 9.85. The zero-order valence-corrected chi connectivity index (χ0v) is 16.4. The molecule has 1 saturated heterocycles. The van der Waals surface area contributed by atoms with Crippen LogP contribution in [-0.2, 0) is 15.1 Å². The van der Waals surface area contributed by atoms with Gasteiger partial charge in [-0.05, 0) is 31.7 Å². The molecule has 2 aliphatic heterocycles. The Kier molecular flexibility index (Phi) is 4.90. The molecule has 0 aromatic heterocycles. The van der Waals surface area contributed by atoms with Gasteiger partial charge in [-0.25, -0.2) is 4.79 Å². The monoisotopic (exact) mass is 425 g/mol. The number of nitrogens with zero attached hydrogens (tertiary/aromatic N) is 2. The molecule has 1 aliphatic carbocycles. The molecule has 1 spiro atoms. The van der Waals surface area contributed by atoms with Crippen LogP contribution in [0.15, 0.2) is 24.3 Å². The predicted molar refractivity (Wildman–Crippen MR) is 98.4 cm³/mol. The molecule has 2 heterocycles. The van der Waals surface area contributed by atoms with Crippen LogP contribution in [0.5, 0.6) is 5.75 Å². The van der Waals surface area contributed by atoms with Crippen molar-refractivity contribution in [3.05, 3.63) is 29.8 Å². The summed E-state index contributed by atoms with van der Waals surface area (Å²) in [5, 5.41) is 2.65. The van der Waals surface area contributed by atoms with E-state index in [-0.39, 0.29) is 18.9 Å². The van der Waals surface area contributed by atoms with Crippen molar-refractivity contribution >= 4 is 17.8 Å². The number of para-hydroxylation sites is 1. The summed E-state index contributed by atoms with van der Waals surface area (Å²) in [7, 11) is 0. The van der Waals surface area contributed by atoms with Gasteiger partial charge in [0.25, 0.3) is 5.91 Å². The standard InChI is InChI=1S/C20H22F3N3O4/c1-12(13-6-7-13)26(11-20(21,22)23)16(27)10-25-17(28)19(24-18(25)29)8-9-30-15-5-3-2-4-14(15)19/h2-5,12-13H,6-11H2,1H3,(H,24,29). The van der Waals surface area contributed by atoms with Gasteiger partial charge in [0.1, 0.15) is 18.8 Å². The average Bonchev–Trinajstić information content (AvgIpc) is 3.50. The third-order valence-corrected chi connectivity index (χ3v) is 6.02. The van der Waals surface area contributed by atoms with Gasteiger partial charge >= 0.3 is 12.2 Å². The number of ether oxygens (including phenoxy) is 1. The summed E-state index contributed by atoms with van der Waals surface area (Å²) in [5.41, 5.74) is -0.897. The third-order valence-electron chi connectivity index (χ3n) is 6.02. The summed E-state index contributed by atoms with van der Waals surface area (Å²) < 4.78 is 44.7. The van der Waals surface area contributed by atoms with E-state index in [1.165, 1.54) is 0 Å². The largest absolute Gasteiger partial charge is 0.493 e. The summed E-state index contributed by atoms with van der Waals surface area (Å²) in [5.74, 6) is -1.09. The lowest BCUT2D eigenvalue weighted by molar-refractivity contribution is -0.166. The Morgan fingerprint density at radius 1 is 1.33 bits per heavy atom. The number of urea groups is 1. The molecule has 10 heteroatoms. The van der Waals surface area contributed by atoms with E-state index >= 15 is 0 Å². The van der Waals surface area contributed by atoms with Gasteiger partial charge < -0.3 is 15.0 Å². The van der Waals surface area contributed by atoms with Crippen molar-refractivity contribution in [1.29, 1.82) is 0 Å². The van der Waals surface area contributed by atoms with Crippen molar-refractivity contribution < 1.29 is 32.3 Å². The van der Waals surface area contributed by atoms with Crippen LogP contribution in [-0.4, -0.2) is 59.6 Å². The molecule has 162 valence electrons. The second-order valence-electron chi connectivity index (χ2n) is 8.04. The minimum Gasteiger partial charge on any atom is -0.493 e. The molecule has 4 amide bonds. The molecule has 7 nitrogen and oxygen atoms in total. The second kappa shape index (κ2) is 7.17. The number of carbonyl (C=O) groups is 3. The highest BCUT2D eigenvalue weighted by Gasteiger charge is 2.55. The van der Waals surface area contributed by atoms with Crippen LogP contribution >= 0.6 is 0 Å². The van der Waals surface area contributed by atoms with Crippen LogP contribution < -0.4 is 10.1 Å². The zero-order chi connectivity index (χ0) is 21.7. The van der Waals surface area contributed by atoms with Crippen LogP contribution in [0.1, 0.15) is 31.7 Å². The van der Waals surface area contributed by atoms with Crippen molar-refractivity contribution in [1.82, 2.24) is 15.1 Å². The molecule has 1 aromatic rings. The Labute approximate surface area is 171 Å². The fraction of sp³-hybridized carbons (Fsp3) is 0.550. The number of carbonyl (C=O) groups excluding carboxylic acids is 3. The van der Waals surface area contributed by atoms with Gasteiger partial charge in [-0.3, -0.25) is 14.5 Å². The molecular weight excluding hydrogens is 403 g/mol. The second-order valence-corrected chi connectivity index (χ2v) is 8.04. The summed E-state index contributed by atoms with van der Waals surface area (Å²) in [6.45, 7) is -0.384. The van der Waals surface area contributed by atoms with Gasteiger partial charge in [0.05, 0.1) is 6.61 Å². The number of fused-ring (bicyclic) bond motifs is 2. The molecular formula is C20H22F3N3O4. The first-order valence-electron chi connectivity index (χ1n) is 9.85. The van der Waals surface area contributed by atoms with Gasteiger partial charge in [-0.15, -0.1) is 0 Å². The highest BCUT2D eigenvalue weighted by atomic mass is 19.4. The first kappa shape index (κ1) is 20.5. The highest BCUT2D eigenvalue weighted by Crippen LogP contribution is 2.41. The van der Waals surface area contributed by atoms with Crippen molar-refractivity contribution in [2.75, 3.05) is 19.7 Å². The fourth-order valence-corrected chi connectivity index (χ4v) is 4.23. The Hall–Kier alpha value is -2.78. The molecule has 4 rings (SSSR count). The van der Waals surface area contributed by atoms with Crippen LogP contribution in [0.3, 0.4) is 0 Å².